The Labute approximate surface area is 170 Å². The normalized spacial score (nSPS) is 12.3. The number of carbonyl (C=O) groups excluding carboxylic acids is 1. The number of amides is 1. The van der Waals surface area contributed by atoms with Crippen molar-refractivity contribution in [2.75, 3.05) is 19.9 Å². The van der Waals surface area contributed by atoms with Gasteiger partial charge in [0.15, 0.2) is 5.69 Å². The number of nitrogens with one attached hydrogen (secondary N) is 1. The van der Waals surface area contributed by atoms with Gasteiger partial charge in [-0.2, -0.15) is 25.9 Å². The minimum absolute atomic E-state index is 0.0499. The fraction of sp³-hybridized carbons (Fsp3) is 0.214. The molecule has 0 spiro atoms. The number of hydrogen-bond acceptors (Lipinski definition) is 6. The van der Waals surface area contributed by atoms with Crippen LogP contribution in [0, 0.1) is 5.82 Å². The molecule has 1 aromatic carbocycles. The number of halogens is 5. The van der Waals surface area contributed by atoms with E-state index in [1.807, 2.05) is 0 Å². The Kier molecular flexibility index (Phi) is 6.02. The van der Waals surface area contributed by atoms with Gasteiger partial charge in [0.1, 0.15) is 5.82 Å². The van der Waals surface area contributed by atoms with E-state index < -0.39 is 66.0 Å². The highest BCUT2D eigenvalue weighted by Crippen LogP contribution is 2.27. The second-order valence-corrected chi connectivity index (χ2v) is 8.15. The second kappa shape index (κ2) is 7.73. The lowest BCUT2D eigenvalue weighted by molar-refractivity contribution is -0.143. The smallest absolute Gasteiger partial charge is 0.335 e. The van der Waals surface area contributed by atoms with Crippen molar-refractivity contribution in [3.8, 4) is 5.69 Å². The Morgan fingerprint density at radius 1 is 1.20 bits per heavy atom. The number of nitrogens with two attached hydrogens (primary N) is 1. The van der Waals surface area contributed by atoms with E-state index in [0.29, 0.717) is 16.4 Å². The van der Waals surface area contributed by atoms with Gasteiger partial charge in [-0.25, -0.2) is 23.2 Å². The molecule has 2 rings (SSSR count). The average Bonchev–Trinajstić information content (AvgIpc) is 2.58. The molecule has 1 aromatic heterocycles. The minimum atomic E-state index is -5.16. The quantitative estimate of drug-likeness (QED) is 0.476. The number of benzene rings is 1. The molecule has 30 heavy (non-hydrogen) atoms. The Bertz CT molecular complexity index is 1250. The van der Waals surface area contributed by atoms with E-state index in [2.05, 4.69) is 0 Å². The van der Waals surface area contributed by atoms with Gasteiger partial charge in [0, 0.05) is 20.2 Å². The maximum atomic E-state index is 14.4. The van der Waals surface area contributed by atoms with Gasteiger partial charge >= 0.3 is 22.1 Å². The topological polar surface area (TPSA) is 136 Å². The van der Waals surface area contributed by atoms with E-state index in [1.54, 1.807) is 4.72 Å². The molecule has 1 heterocycles. The predicted octanol–water partition coefficient (Wildman–Crippen LogP) is 0.0605. The molecule has 2 aromatic rings. The van der Waals surface area contributed by atoms with E-state index in [4.69, 9.17) is 17.4 Å². The van der Waals surface area contributed by atoms with E-state index in [9.17, 15) is 40.4 Å². The highest BCUT2D eigenvalue weighted by Gasteiger charge is 2.36. The lowest BCUT2D eigenvalue weighted by Gasteiger charge is -2.16. The molecule has 0 unspecified atom stereocenters. The Morgan fingerprint density at radius 3 is 2.27 bits per heavy atom. The number of nitrogen functional groups attached to an aromatic ring is 1. The third-order valence-electron chi connectivity index (χ3n) is 3.65. The summed E-state index contributed by atoms with van der Waals surface area (Å²) in [4.78, 5) is 36.5. The van der Waals surface area contributed by atoms with Crippen LogP contribution in [0.3, 0.4) is 0 Å². The molecular weight excluding hydrogens is 462 g/mol. The van der Waals surface area contributed by atoms with Crippen molar-refractivity contribution in [3.05, 3.63) is 61.1 Å². The zero-order valence-corrected chi connectivity index (χ0v) is 16.6. The number of carbonyl (C=O) groups is 1. The fourth-order valence-electron chi connectivity index (χ4n) is 2.14. The minimum Gasteiger partial charge on any atom is -0.335 e. The summed E-state index contributed by atoms with van der Waals surface area (Å²) in [7, 11) is -2.10. The molecule has 164 valence electrons. The predicted molar refractivity (Wildman–Crippen MR) is 96.5 cm³/mol. The molecule has 10 nitrogen and oxygen atoms in total. The van der Waals surface area contributed by atoms with E-state index in [0.717, 1.165) is 14.1 Å². The maximum absolute atomic E-state index is 14.4. The van der Waals surface area contributed by atoms with Crippen LogP contribution >= 0.6 is 11.6 Å². The first-order valence-corrected chi connectivity index (χ1v) is 9.35. The van der Waals surface area contributed by atoms with Crippen molar-refractivity contribution in [1.82, 2.24) is 18.3 Å². The summed E-state index contributed by atoms with van der Waals surface area (Å²) >= 11 is 5.73. The molecule has 0 bridgehead atoms. The van der Waals surface area contributed by atoms with Gasteiger partial charge in [-0.1, -0.05) is 11.6 Å². The lowest BCUT2D eigenvalue weighted by atomic mass is 10.1. The van der Waals surface area contributed by atoms with Crippen LogP contribution in [0.1, 0.15) is 16.1 Å². The van der Waals surface area contributed by atoms with Crippen molar-refractivity contribution in [2.24, 2.45) is 0 Å². The molecule has 3 N–H and O–H groups in total. The summed E-state index contributed by atoms with van der Waals surface area (Å²) in [5.74, 6) is 2.35. The van der Waals surface area contributed by atoms with Crippen molar-refractivity contribution < 1.29 is 30.8 Å². The first kappa shape index (κ1) is 23.4. The Hall–Kier alpha value is -2.91. The number of rotatable bonds is 4. The van der Waals surface area contributed by atoms with Gasteiger partial charge in [0.25, 0.3) is 11.5 Å². The van der Waals surface area contributed by atoms with Crippen molar-refractivity contribution in [3.63, 3.8) is 0 Å². The first-order valence-electron chi connectivity index (χ1n) is 7.53. The van der Waals surface area contributed by atoms with Crippen LogP contribution in [0.2, 0.25) is 5.02 Å². The molecule has 0 aliphatic heterocycles. The second-order valence-electron chi connectivity index (χ2n) is 5.86. The van der Waals surface area contributed by atoms with Crippen LogP contribution in [0.5, 0.6) is 0 Å². The number of alkyl halides is 3. The van der Waals surface area contributed by atoms with Gasteiger partial charge in [-0.15, -0.1) is 0 Å². The summed E-state index contributed by atoms with van der Waals surface area (Å²) in [5, 5.41) is -0.601. The molecule has 16 heteroatoms. The molecule has 1 amide bonds. The van der Waals surface area contributed by atoms with Crippen molar-refractivity contribution in [1.29, 1.82) is 0 Å². The standard InChI is InChI=1S/C14H12ClF4N5O5S/c1-22(2)30(28,29)21-12(26)6-3-9(8(16)4-7(6)15)23-11(25)5-10(14(17,18)19)24(20)13(23)27/h3-5H,20H2,1-2H3,(H,21,26). The van der Waals surface area contributed by atoms with Gasteiger partial charge in [-0.05, 0) is 12.1 Å². The summed E-state index contributed by atoms with van der Waals surface area (Å²) in [6, 6.07) is 0.943. The van der Waals surface area contributed by atoms with Gasteiger partial charge in [0.2, 0.25) is 0 Å². The lowest BCUT2D eigenvalue weighted by Crippen LogP contribution is -2.45. The van der Waals surface area contributed by atoms with Crippen LogP contribution in [0.15, 0.2) is 27.8 Å². The summed E-state index contributed by atoms with van der Waals surface area (Å²) in [6.45, 7) is 0. The van der Waals surface area contributed by atoms with E-state index in [-0.39, 0.29) is 10.6 Å². The highest BCUT2D eigenvalue weighted by molar-refractivity contribution is 7.87. The molecule has 0 saturated heterocycles. The monoisotopic (exact) mass is 473 g/mol. The highest BCUT2D eigenvalue weighted by atomic mass is 35.5. The van der Waals surface area contributed by atoms with Gasteiger partial charge in [0.05, 0.1) is 16.3 Å². The third kappa shape index (κ3) is 4.31. The van der Waals surface area contributed by atoms with Crippen LogP contribution in [0.25, 0.3) is 5.69 Å². The Morgan fingerprint density at radius 2 is 1.77 bits per heavy atom. The largest absolute Gasteiger partial charge is 0.433 e. The molecule has 0 aliphatic carbocycles. The zero-order chi connectivity index (χ0) is 23.2. The molecule has 0 fully saturated rings. The van der Waals surface area contributed by atoms with Crippen LogP contribution in [-0.2, 0) is 16.4 Å². The molecule has 0 atom stereocenters. The number of hydrogen-bond donors (Lipinski definition) is 2. The summed E-state index contributed by atoms with van der Waals surface area (Å²) in [5.41, 5.74) is -6.84. The molecule has 0 saturated carbocycles. The first-order chi connectivity index (χ1) is 13.6. The summed E-state index contributed by atoms with van der Waals surface area (Å²) in [6.07, 6.45) is -5.16. The van der Waals surface area contributed by atoms with E-state index >= 15 is 0 Å². The van der Waals surface area contributed by atoms with Crippen molar-refractivity contribution in [2.45, 2.75) is 6.18 Å². The average molecular weight is 474 g/mol. The third-order valence-corrected chi connectivity index (χ3v) is 5.37. The Balaban J connectivity index is 2.73. The van der Waals surface area contributed by atoms with Gasteiger partial charge < -0.3 is 5.84 Å². The number of aromatic nitrogens is 2. The zero-order valence-electron chi connectivity index (χ0n) is 15.0. The maximum Gasteiger partial charge on any atom is 0.433 e. The van der Waals surface area contributed by atoms with E-state index in [1.165, 1.54) is 0 Å². The van der Waals surface area contributed by atoms with Gasteiger partial charge in [-0.3, -0.25) is 9.59 Å². The molecular formula is C14H12ClF4N5O5S. The molecule has 0 radical (unpaired) electrons. The fourth-order valence-corrected chi connectivity index (χ4v) is 2.91. The number of nitrogens with zero attached hydrogens (tertiary/aromatic N) is 3. The summed E-state index contributed by atoms with van der Waals surface area (Å²) < 4.78 is 78.3. The van der Waals surface area contributed by atoms with Crippen LogP contribution in [0.4, 0.5) is 17.6 Å². The van der Waals surface area contributed by atoms with Crippen molar-refractivity contribution >= 4 is 27.7 Å². The van der Waals surface area contributed by atoms with Crippen LogP contribution < -0.4 is 21.8 Å². The SMILES string of the molecule is CN(C)S(=O)(=O)NC(=O)c1cc(-n2c(=O)cc(C(F)(F)F)n(N)c2=O)c(F)cc1Cl. The van der Waals surface area contributed by atoms with Crippen LogP contribution in [-0.4, -0.2) is 42.0 Å². The molecule has 0 aliphatic rings.